The first kappa shape index (κ1) is 10.1. The molecule has 1 atom stereocenters. The Hall–Kier alpha value is -1.39. The van der Waals surface area contributed by atoms with Gasteiger partial charge in [0.25, 0.3) is 0 Å². The Bertz CT molecular complexity index is 385. The standard InChI is InChI=1S/C11H13NO3/c1-14-10(13)8-3-2-4-9(7-8)11(12)5-6-15-11/h2-4,7H,5-6,12H2,1H3. The molecule has 1 aromatic rings. The maximum atomic E-state index is 11.3. The minimum absolute atomic E-state index is 0.361. The lowest BCUT2D eigenvalue weighted by molar-refractivity contribution is -0.150. The van der Waals surface area contributed by atoms with Crippen LogP contribution in [0.25, 0.3) is 0 Å². The van der Waals surface area contributed by atoms with Crippen LogP contribution in [0.3, 0.4) is 0 Å². The van der Waals surface area contributed by atoms with Gasteiger partial charge in [-0.15, -0.1) is 0 Å². The third-order valence-corrected chi connectivity index (χ3v) is 2.61. The van der Waals surface area contributed by atoms with Crippen LogP contribution in [0.15, 0.2) is 24.3 Å². The van der Waals surface area contributed by atoms with Gasteiger partial charge in [-0.1, -0.05) is 12.1 Å². The van der Waals surface area contributed by atoms with E-state index in [1.165, 1.54) is 7.11 Å². The third kappa shape index (κ3) is 1.73. The lowest BCUT2D eigenvalue weighted by atomic mass is 9.95. The fraction of sp³-hybridized carbons (Fsp3) is 0.364. The molecular formula is C11H13NO3. The molecule has 2 N–H and O–H groups in total. The van der Waals surface area contributed by atoms with Crippen molar-refractivity contribution >= 4 is 5.97 Å². The van der Waals surface area contributed by atoms with Crippen LogP contribution in [-0.4, -0.2) is 19.7 Å². The van der Waals surface area contributed by atoms with Crippen LogP contribution in [-0.2, 0) is 15.2 Å². The predicted octanol–water partition coefficient (Wildman–Crippen LogP) is 1.00. The molecule has 0 spiro atoms. The van der Waals surface area contributed by atoms with Gasteiger partial charge in [-0.05, 0) is 17.7 Å². The quantitative estimate of drug-likeness (QED) is 0.735. The van der Waals surface area contributed by atoms with E-state index in [1.807, 2.05) is 6.07 Å². The Kier molecular flexibility index (Phi) is 2.46. The molecule has 0 amide bonds. The summed E-state index contributed by atoms with van der Waals surface area (Å²) in [6, 6.07) is 7.03. The summed E-state index contributed by atoms with van der Waals surface area (Å²) in [5.74, 6) is -0.361. The monoisotopic (exact) mass is 207 g/mol. The lowest BCUT2D eigenvalue weighted by Gasteiger charge is -2.38. The molecule has 0 bridgehead atoms. The highest BCUT2D eigenvalue weighted by atomic mass is 16.5. The van der Waals surface area contributed by atoms with E-state index in [-0.39, 0.29) is 5.97 Å². The molecule has 80 valence electrons. The summed E-state index contributed by atoms with van der Waals surface area (Å²) in [7, 11) is 1.35. The minimum Gasteiger partial charge on any atom is -0.465 e. The summed E-state index contributed by atoms with van der Waals surface area (Å²) in [4.78, 5) is 11.3. The third-order valence-electron chi connectivity index (χ3n) is 2.61. The van der Waals surface area contributed by atoms with E-state index in [2.05, 4.69) is 4.74 Å². The smallest absolute Gasteiger partial charge is 0.337 e. The van der Waals surface area contributed by atoms with Gasteiger partial charge in [0.2, 0.25) is 0 Å². The van der Waals surface area contributed by atoms with Gasteiger partial charge in [0, 0.05) is 6.42 Å². The molecular weight excluding hydrogens is 194 g/mol. The Balaban J connectivity index is 2.30. The van der Waals surface area contributed by atoms with Gasteiger partial charge in [-0.2, -0.15) is 0 Å². The molecule has 15 heavy (non-hydrogen) atoms. The predicted molar refractivity (Wildman–Crippen MR) is 54.2 cm³/mol. The zero-order chi connectivity index (χ0) is 10.9. The van der Waals surface area contributed by atoms with Crippen LogP contribution >= 0.6 is 0 Å². The normalized spacial score (nSPS) is 24.4. The average molecular weight is 207 g/mol. The Morgan fingerprint density at radius 2 is 2.33 bits per heavy atom. The Labute approximate surface area is 88.0 Å². The van der Waals surface area contributed by atoms with Crippen LogP contribution in [0, 0.1) is 0 Å². The Morgan fingerprint density at radius 3 is 2.87 bits per heavy atom. The fourth-order valence-corrected chi connectivity index (χ4v) is 1.58. The molecule has 4 heteroatoms. The van der Waals surface area contributed by atoms with Gasteiger partial charge < -0.3 is 9.47 Å². The molecule has 1 aliphatic heterocycles. The van der Waals surface area contributed by atoms with E-state index < -0.39 is 5.72 Å². The van der Waals surface area contributed by atoms with E-state index in [4.69, 9.17) is 10.5 Å². The van der Waals surface area contributed by atoms with Crippen molar-refractivity contribution in [2.45, 2.75) is 12.1 Å². The number of rotatable bonds is 2. The van der Waals surface area contributed by atoms with E-state index in [0.29, 0.717) is 12.2 Å². The van der Waals surface area contributed by atoms with Crippen LogP contribution in [0.5, 0.6) is 0 Å². The van der Waals surface area contributed by atoms with Crippen LogP contribution in [0.4, 0.5) is 0 Å². The molecule has 4 nitrogen and oxygen atoms in total. The van der Waals surface area contributed by atoms with Crippen molar-refractivity contribution in [3.8, 4) is 0 Å². The molecule has 1 saturated heterocycles. The molecule has 1 fully saturated rings. The van der Waals surface area contributed by atoms with Gasteiger partial charge in [0.15, 0.2) is 0 Å². The van der Waals surface area contributed by atoms with E-state index in [1.54, 1.807) is 18.2 Å². The van der Waals surface area contributed by atoms with Gasteiger partial charge >= 0.3 is 5.97 Å². The first-order valence-electron chi connectivity index (χ1n) is 4.77. The van der Waals surface area contributed by atoms with Crippen molar-refractivity contribution in [3.05, 3.63) is 35.4 Å². The first-order valence-corrected chi connectivity index (χ1v) is 4.77. The van der Waals surface area contributed by atoms with Crippen molar-refractivity contribution in [1.82, 2.24) is 0 Å². The fourth-order valence-electron chi connectivity index (χ4n) is 1.58. The first-order chi connectivity index (χ1) is 7.15. The maximum Gasteiger partial charge on any atom is 0.337 e. The summed E-state index contributed by atoms with van der Waals surface area (Å²) in [6.45, 7) is 0.666. The summed E-state index contributed by atoms with van der Waals surface area (Å²) < 4.78 is 9.93. The topological polar surface area (TPSA) is 61.5 Å². The molecule has 1 heterocycles. The number of esters is 1. The molecule has 2 rings (SSSR count). The zero-order valence-corrected chi connectivity index (χ0v) is 8.53. The Morgan fingerprint density at radius 1 is 1.60 bits per heavy atom. The van der Waals surface area contributed by atoms with Crippen molar-refractivity contribution < 1.29 is 14.3 Å². The van der Waals surface area contributed by atoms with Gasteiger partial charge in [-0.3, -0.25) is 5.73 Å². The van der Waals surface area contributed by atoms with E-state index in [0.717, 1.165) is 12.0 Å². The number of hydrogen-bond donors (Lipinski definition) is 1. The van der Waals surface area contributed by atoms with Crippen LogP contribution in [0.2, 0.25) is 0 Å². The number of nitrogens with two attached hydrogens (primary N) is 1. The second kappa shape index (κ2) is 3.64. The molecule has 0 aromatic heterocycles. The molecule has 0 saturated carbocycles. The van der Waals surface area contributed by atoms with Crippen molar-refractivity contribution in [2.75, 3.05) is 13.7 Å². The van der Waals surface area contributed by atoms with E-state index in [9.17, 15) is 4.79 Å². The molecule has 0 radical (unpaired) electrons. The second-order valence-electron chi connectivity index (χ2n) is 3.56. The average Bonchev–Trinajstić information content (AvgIpc) is 2.25. The summed E-state index contributed by atoms with van der Waals surface area (Å²) >= 11 is 0. The molecule has 1 unspecified atom stereocenters. The number of ether oxygens (including phenoxy) is 2. The number of benzene rings is 1. The largest absolute Gasteiger partial charge is 0.465 e. The number of hydrogen-bond acceptors (Lipinski definition) is 4. The van der Waals surface area contributed by atoms with Gasteiger partial charge in [0.05, 0.1) is 19.3 Å². The lowest BCUT2D eigenvalue weighted by Crippen LogP contribution is -2.49. The second-order valence-corrected chi connectivity index (χ2v) is 3.56. The minimum atomic E-state index is -0.718. The van der Waals surface area contributed by atoms with Crippen molar-refractivity contribution in [2.24, 2.45) is 5.73 Å². The highest BCUT2D eigenvalue weighted by Crippen LogP contribution is 2.32. The van der Waals surface area contributed by atoms with E-state index >= 15 is 0 Å². The highest BCUT2D eigenvalue weighted by Gasteiger charge is 2.36. The SMILES string of the molecule is COC(=O)c1cccc(C2(N)CCO2)c1. The van der Waals surface area contributed by atoms with Crippen LogP contribution in [0.1, 0.15) is 22.3 Å². The molecule has 1 aliphatic rings. The molecule has 0 aliphatic carbocycles. The zero-order valence-electron chi connectivity index (χ0n) is 8.53. The van der Waals surface area contributed by atoms with Gasteiger partial charge in [0.1, 0.15) is 5.72 Å². The number of carbonyl (C=O) groups excluding carboxylic acids is 1. The van der Waals surface area contributed by atoms with Gasteiger partial charge in [-0.25, -0.2) is 4.79 Å². The summed E-state index contributed by atoms with van der Waals surface area (Å²) in [5.41, 5.74) is 6.55. The maximum absolute atomic E-state index is 11.3. The summed E-state index contributed by atoms with van der Waals surface area (Å²) in [6.07, 6.45) is 0.775. The van der Waals surface area contributed by atoms with Crippen LogP contribution < -0.4 is 5.73 Å². The molecule has 1 aromatic carbocycles. The van der Waals surface area contributed by atoms with Crippen molar-refractivity contribution in [3.63, 3.8) is 0 Å². The summed E-state index contributed by atoms with van der Waals surface area (Å²) in [5, 5.41) is 0. The highest BCUT2D eigenvalue weighted by molar-refractivity contribution is 5.89. The number of methoxy groups -OCH3 is 1. The van der Waals surface area contributed by atoms with Crippen molar-refractivity contribution in [1.29, 1.82) is 0 Å². The number of carbonyl (C=O) groups is 1.